The molecule has 1 aromatic carbocycles. The Hall–Kier alpha value is -2.04. The van der Waals surface area contributed by atoms with E-state index in [-0.39, 0.29) is 12.0 Å². The molecule has 3 nitrogen and oxygen atoms in total. The van der Waals surface area contributed by atoms with Crippen molar-refractivity contribution in [2.24, 2.45) is 0 Å². The van der Waals surface area contributed by atoms with E-state index in [9.17, 15) is 13.6 Å². The molecule has 1 heterocycles. The predicted molar refractivity (Wildman–Crippen MR) is 70.7 cm³/mol. The van der Waals surface area contributed by atoms with Gasteiger partial charge in [-0.2, -0.15) is 0 Å². The molecule has 0 saturated heterocycles. The fourth-order valence-corrected chi connectivity index (χ4v) is 2.64. The summed E-state index contributed by atoms with van der Waals surface area (Å²) in [5, 5.41) is 0. The summed E-state index contributed by atoms with van der Waals surface area (Å²) in [7, 11) is 0. The highest BCUT2D eigenvalue weighted by molar-refractivity contribution is 5.25. The third-order valence-electron chi connectivity index (χ3n) is 3.53. The molecule has 0 saturated carbocycles. The number of nitrogens with zero attached hydrogens (tertiary/aromatic N) is 1. The highest BCUT2D eigenvalue weighted by Crippen LogP contribution is 2.17. The van der Waals surface area contributed by atoms with Gasteiger partial charge in [-0.1, -0.05) is 0 Å². The van der Waals surface area contributed by atoms with Crippen LogP contribution in [0.1, 0.15) is 35.5 Å². The Morgan fingerprint density at radius 2 is 1.80 bits per heavy atom. The fourth-order valence-electron chi connectivity index (χ4n) is 2.64. The third kappa shape index (κ3) is 2.61. The Balaban J connectivity index is 1.95. The largest absolute Gasteiger partial charge is 0.310 e. The van der Waals surface area contributed by atoms with E-state index < -0.39 is 11.6 Å². The van der Waals surface area contributed by atoms with Gasteiger partial charge in [-0.05, 0) is 43.4 Å². The van der Waals surface area contributed by atoms with Crippen LogP contribution in [0.3, 0.4) is 0 Å². The first-order valence-corrected chi connectivity index (χ1v) is 6.68. The number of halogens is 2. The monoisotopic (exact) mass is 276 g/mol. The van der Waals surface area contributed by atoms with Gasteiger partial charge in [0.2, 0.25) is 0 Å². The second-order valence-electron chi connectivity index (χ2n) is 5.10. The van der Waals surface area contributed by atoms with Crippen molar-refractivity contribution in [1.29, 1.82) is 0 Å². The van der Waals surface area contributed by atoms with Crippen LogP contribution in [0.4, 0.5) is 8.78 Å². The summed E-state index contributed by atoms with van der Waals surface area (Å²) in [6.07, 6.45) is 3.80. The van der Waals surface area contributed by atoms with E-state index in [1.165, 1.54) is 12.1 Å². The second kappa shape index (κ2) is 5.15. The van der Waals surface area contributed by atoms with Gasteiger partial charge in [0.05, 0.1) is 5.69 Å². The zero-order valence-corrected chi connectivity index (χ0v) is 10.9. The lowest BCUT2D eigenvalue weighted by Crippen LogP contribution is -2.23. The number of rotatable bonds is 2. The molecule has 1 aromatic heterocycles. The number of aryl methyl sites for hydroxylation is 1. The lowest BCUT2D eigenvalue weighted by Gasteiger charge is -2.14. The molecule has 0 fully saturated rings. The Labute approximate surface area is 114 Å². The number of hydrogen-bond donors (Lipinski definition) is 1. The van der Waals surface area contributed by atoms with Crippen LogP contribution in [0.5, 0.6) is 0 Å². The van der Waals surface area contributed by atoms with E-state index in [4.69, 9.17) is 0 Å². The van der Waals surface area contributed by atoms with Crippen LogP contribution >= 0.6 is 0 Å². The first-order valence-electron chi connectivity index (χ1n) is 6.68. The molecule has 3 rings (SSSR count). The molecule has 20 heavy (non-hydrogen) atoms. The molecular weight excluding hydrogens is 262 g/mol. The van der Waals surface area contributed by atoms with Gasteiger partial charge in [-0.25, -0.2) is 13.8 Å². The molecule has 0 radical (unpaired) electrons. The molecule has 5 heteroatoms. The summed E-state index contributed by atoms with van der Waals surface area (Å²) >= 11 is 0. The maximum absolute atomic E-state index is 13.2. The van der Waals surface area contributed by atoms with Gasteiger partial charge < -0.3 is 4.98 Å². The highest BCUT2D eigenvalue weighted by atomic mass is 19.1. The van der Waals surface area contributed by atoms with E-state index in [0.717, 1.165) is 43.0 Å². The van der Waals surface area contributed by atoms with Crippen molar-refractivity contribution in [3.05, 3.63) is 62.8 Å². The normalized spacial score (nSPS) is 14.1. The first kappa shape index (κ1) is 13.0. The van der Waals surface area contributed by atoms with Crippen molar-refractivity contribution in [3.63, 3.8) is 0 Å². The summed E-state index contributed by atoms with van der Waals surface area (Å²) in [4.78, 5) is 19.1. The summed E-state index contributed by atoms with van der Waals surface area (Å²) in [5.41, 5.74) is 1.92. The molecule has 1 N–H and O–H groups in total. The Kier molecular flexibility index (Phi) is 3.34. The highest BCUT2D eigenvalue weighted by Gasteiger charge is 2.15. The van der Waals surface area contributed by atoms with Gasteiger partial charge in [0.1, 0.15) is 17.5 Å². The Bertz CT molecular complexity index is 689. The third-order valence-corrected chi connectivity index (χ3v) is 3.53. The minimum Gasteiger partial charge on any atom is -0.310 e. The van der Waals surface area contributed by atoms with Crippen LogP contribution in [0.15, 0.2) is 23.0 Å². The molecule has 0 aliphatic heterocycles. The van der Waals surface area contributed by atoms with Crippen LogP contribution in [-0.4, -0.2) is 9.97 Å². The van der Waals surface area contributed by atoms with E-state index in [1.807, 2.05) is 0 Å². The van der Waals surface area contributed by atoms with Gasteiger partial charge in [-0.3, -0.25) is 4.79 Å². The number of hydrogen-bond acceptors (Lipinski definition) is 2. The van der Waals surface area contributed by atoms with Crippen LogP contribution in [0, 0.1) is 11.6 Å². The first-order chi connectivity index (χ1) is 9.61. The van der Waals surface area contributed by atoms with Gasteiger partial charge in [0, 0.05) is 18.1 Å². The second-order valence-corrected chi connectivity index (χ2v) is 5.10. The molecule has 0 spiro atoms. The number of nitrogens with one attached hydrogen (secondary N) is 1. The molecule has 104 valence electrons. The number of aromatic amines is 1. The summed E-state index contributed by atoms with van der Waals surface area (Å²) in [6, 6.07) is 3.33. The quantitative estimate of drug-likeness (QED) is 0.916. The zero-order valence-electron chi connectivity index (χ0n) is 10.9. The van der Waals surface area contributed by atoms with E-state index in [2.05, 4.69) is 9.97 Å². The van der Waals surface area contributed by atoms with Crippen molar-refractivity contribution in [2.45, 2.75) is 32.1 Å². The van der Waals surface area contributed by atoms with E-state index in [0.29, 0.717) is 11.4 Å². The molecule has 2 aromatic rings. The molecule has 0 bridgehead atoms. The minimum absolute atomic E-state index is 0.124. The Morgan fingerprint density at radius 3 is 2.55 bits per heavy atom. The fraction of sp³-hybridized carbons (Fsp3) is 0.333. The van der Waals surface area contributed by atoms with Crippen molar-refractivity contribution in [3.8, 4) is 0 Å². The number of aromatic nitrogens is 2. The Morgan fingerprint density at radius 1 is 1.10 bits per heavy atom. The number of fused-ring (bicyclic) bond motifs is 1. The summed E-state index contributed by atoms with van der Waals surface area (Å²) in [5.74, 6) is -0.790. The minimum atomic E-state index is -0.625. The summed E-state index contributed by atoms with van der Waals surface area (Å²) in [6.45, 7) is 0. The molecule has 0 amide bonds. The van der Waals surface area contributed by atoms with Crippen molar-refractivity contribution >= 4 is 0 Å². The van der Waals surface area contributed by atoms with Gasteiger partial charge in [0.25, 0.3) is 5.56 Å². The van der Waals surface area contributed by atoms with Gasteiger partial charge >= 0.3 is 0 Å². The average molecular weight is 276 g/mol. The van der Waals surface area contributed by atoms with Crippen LogP contribution in [-0.2, 0) is 19.3 Å². The van der Waals surface area contributed by atoms with Crippen LogP contribution in [0.2, 0.25) is 0 Å². The zero-order chi connectivity index (χ0) is 14.1. The lowest BCUT2D eigenvalue weighted by molar-refractivity contribution is 0.580. The SMILES string of the molecule is O=c1[nH]c(Cc2cc(F)cc(F)c2)nc2c1CCCC2. The van der Waals surface area contributed by atoms with Gasteiger partial charge in [-0.15, -0.1) is 0 Å². The topological polar surface area (TPSA) is 45.8 Å². The van der Waals surface area contributed by atoms with Crippen molar-refractivity contribution < 1.29 is 8.78 Å². The van der Waals surface area contributed by atoms with Crippen molar-refractivity contribution in [2.75, 3.05) is 0 Å². The molecule has 1 aliphatic rings. The molecule has 0 unspecified atom stereocenters. The maximum Gasteiger partial charge on any atom is 0.254 e. The standard InChI is InChI=1S/C15H14F2N2O/c16-10-5-9(6-11(17)8-10)7-14-18-13-4-2-1-3-12(13)15(20)19-14/h5-6,8H,1-4,7H2,(H,18,19,20). The number of benzene rings is 1. The van der Waals surface area contributed by atoms with Crippen molar-refractivity contribution in [1.82, 2.24) is 9.97 Å². The lowest BCUT2D eigenvalue weighted by atomic mass is 9.97. The average Bonchev–Trinajstić information content (AvgIpc) is 2.37. The van der Waals surface area contributed by atoms with Crippen LogP contribution < -0.4 is 5.56 Å². The van der Waals surface area contributed by atoms with Gasteiger partial charge in [0.15, 0.2) is 0 Å². The summed E-state index contributed by atoms with van der Waals surface area (Å²) < 4.78 is 26.3. The predicted octanol–water partition coefficient (Wildman–Crippen LogP) is 2.52. The molecular formula is C15H14F2N2O. The van der Waals surface area contributed by atoms with E-state index in [1.54, 1.807) is 0 Å². The van der Waals surface area contributed by atoms with Crippen LogP contribution in [0.25, 0.3) is 0 Å². The molecule has 1 aliphatic carbocycles. The molecule has 0 atom stereocenters. The number of H-pyrrole nitrogens is 1. The smallest absolute Gasteiger partial charge is 0.254 e. The van der Waals surface area contributed by atoms with E-state index >= 15 is 0 Å². The maximum atomic E-state index is 13.2.